The van der Waals surface area contributed by atoms with Crippen LogP contribution >= 0.6 is 0 Å². The number of hydrogen-bond donors (Lipinski definition) is 4. The van der Waals surface area contributed by atoms with Gasteiger partial charge in [-0.3, -0.25) is 9.69 Å². The van der Waals surface area contributed by atoms with E-state index in [9.17, 15) is 32.7 Å². The van der Waals surface area contributed by atoms with Crippen molar-refractivity contribution in [2.75, 3.05) is 11.4 Å². The van der Waals surface area contributed by atoms with Crippen LogP contribution in [0, 0.1) is 0 Å². The predicted octanol–water partition coefficient (Wildman–Crippen LogP) is 7.30. The summed E-state index contributed by atoms with van der Waals surface area (Å²) in [5.74, 6) is -2.36. The summed E-state index contributed by atoms with van der Waals surface area (Å²) < 4.78 is 42.7. The molecule has 0 bridgehead atoms. The molecule has 4 aromatic rings. The van der Waals surface area contributed by atoms with Crippen molar-refractivity contribution in [1.82, 2.24) is 10.6 Å². The summed E-state index contributed by atoms with van der Waals surface area (Å²) >= 11 is 0. The molecular weight excluding hydrogens is 651 g/mol. The zero-order chi connectivity index (χ0) is 35.7. The zero-order valence-corrected chi connectivity index (χ0v) is 27.0. The molecule has 50 heavy (non-hydrogen) atoms. The molecule has 12 heteroatoms. The first-order valence-corrected chi connectivity index (χ1v) is 16.0. The number of allylic oxidation sites excluding steroid dienone is 2. The van der Waals surface area contributed by atoms with Crippen molar-refractivity contribution in [2.24, 2.45) is 0 Å². The van der Waals surface area contributed by atoms with E-state index in [0.717, 1.165) is 31.2 Å². The van der Waals surface area contributed by atoms with Crippen LogP contribution in [0.5, 0.6) is 5.75 Å². The van der Waals surface area contributed by atoms with E-state index in [2.05, 4.69) is 21.4 Å². The van der Waals surface area contributed by atoms with Gasteiger partial charge in [-0.2, -0.15) is 0 Å². The van der Waals surface area contributed by atoms with Gasteiger partial charge in [-0.15, -0.1) is 13.2 Å². The molecule has 4 aromatic carbocycles. The number of carbonyl (C=O) groups is 3. The van der Waals surface area contributed by atoms with Crippen LogP contribution in [-0.4, -0.2) is 47.1 Å². The first-order chi connectivity index (χ1) is 24.0. The first kappa shape index (κ1) is 35.7. The van der Waals surface area contributed by atoms with Crippen LogP contribution in [0.2, 0.25) is 0 Å². The molecular formula is C38H36F3N3O6. The molecule has 4 N–H and O–H groups in total. The second-order valence-corrected chi connectivity index (χ2v) is 11.8. The Bertz CT molecular complexity index is 1840. The maximum absolute atomic E-state index is 13.9. The maximum Gasteiger partial charge on any atom is 0.573 e. The molecule has 0 fully saturated rings. The first-order valence-electron chi connectivity index (χ1n) is 16.0. The van der Waals surface area contributed by atoms with Crippen LogP contribution in [0.4, 0.5) is 23.7 Å². The van der Waals surface area contributed by atoms with Crippen molar-refractivity contribution in [3.63, 3.8) is 0 Å². The van der Waals surface area contributed by atoms with Gasteiger partial charge in [0.2, 0.25) is 0 Å². The van der Waals surface area contributed by atoms with Crippen LogP contribution in [0.3, 0.4) is 0 Å². The van der Waals surface area contributed by atoms with Gasteiger partial charge in [0.05, 0.1) is 13.1 Å². The number of carbonyl (C=O) groups excluding carboxylic acids is 2. The van der Waals surface area contributed by atoms with E-state index < -0.39 is 36.9 Å². The fraction of sp³-hybridized carbons (Fsp3) is 0.237. The Morgan fingerprint density at radius 2 is 1.60 bits per heavy atom. The lowest BCUT2D eigenvalue weighted by Gasteiger charge is -2.25. The number of ether oxygens (including phenoxy) is 1. The number of aliphatic hydroxyl groups is 1. The number of aliphatic carboxylic acids is 1. The second kappa shape index (κ2) is 16.2. The van der Waals surface area contributed by atoms with E-state index >= 15 is 0 Å². The largest absolute Gasteiger partial charge is 0.573 e. The van der Waals surface area contributed by atoms with Gasteiger partial charge in [-0.05, 0) is 95.5 Å². The third-order valence-electron chi connectivity index (χ3n) is 8.21. The fourth-order valence-electron chi connectivity index (χ4n) is 5.64. The van der Waals surface area contributed by atoms with Gasteiger partial charge in [0.15, 0.2) is 6.10 Å². The molecule has 5 rings (SSSR count). The minimum absolute atomic E-state index is 0.0716. The molecule has 0 saturated heterocycles. The monoisotopic (exact) mass is 687 g/mol. The number of carboxylic acid groups (broad SMARTS) is 1. The standard InChI is InChI=1S/C38H36F3N3O6/c39-38(40,41)50-32-11-6-10-29(21-32)33-12-5-4-9-30(33)22-43-37(49)44(31-19-17-27(18-20-31)26-7-2-1-3-8-26)24-25-13-15-28(16-14-25)35(46)42-23-34(45)36(47)48/h4-7,9-21,34,45H,1-3,8,22-24H2,(H,42,46)(H,43,49)(H,47,48). The highest BCUT2D eigenvalue weighted by Gasteiger charge is 2.31. The summed E-state index contributed by atoms with van der Waals surface area (Å²) in [7, 11) is 0. The Morgan fingerprint density at radius 3 is 2.28 bits per heavy atom. The quantitative estimate of drug-likeness (QED) is 0.124. The van der Waals surface area contributed by atoms with E-state index in [1.807, 2.05) is 24.3 Å². The normalized spacial score (nSPS) is 13.5. The lowest BCUT2D eigenvalue weighted by Crippen LogP contribution is -2.39. The average molecular weight is 688 g/mol. The number of nitrogens with one attached hydrogen (secondary N) is 2. The zero-order valence-electron chi connectivity index (χ0n) is 27.0. The van der Waals surface area contributed by atoms with E-state index in [4.69, 9.17) is 5.11 Å². The smallest absolute Gasteiger partial charge is 0.479 e. The number of urea groups is 1. The fourth-order valence-corrected chi connectivity index (χ4v) is 5.64. The van der Waals surface area contributed by atoms with Gasteiger partial charge in [-0.1, -0.05) is 66.7 Å². The lowest BCUT2D eigenvalue weighted by molar-refractivity contribution is -0.274. The average Bonchev–Trinajstić information content (AvgIpc) is 3.12. The molecule has 1 aliphatic carbocycles. The van der Waals surface area contributed by atoms with Gasteiger partial charge in [0.1, 0.15) is 5.75 Å². The molecule has 1 aliphatic rings. The molecule has 0 heterocycles. The summed E-state index contributed by atoms with van der Waals surface area (Å²) in [6.45, 7) is -0.249. The number of amides is 3. The third-order valence-corrected chi connectivity index (χ3v) is 8.21. The van der Waals surface area contributed by atoms with Crippen LogP contribution in [-0.2, 0) is 17.9 Å². The Labute approximate surface area is 287 Å². The lowest BCUT2D eigenvalue weighted by atomic mass is 9.93. The molecule has 0 radical (unpaired) electrons. The minimum atomic E-state index is -4.83. The Kier molecular flexibility index (Phi) is 11.6. The van der Waals surface area contributed by atoms with Gasteiger partial charge in [0, 0.05) is 17.8 Å². The topological polar surface area (TPSA) is 128 Å². The van der Waals surface area contributed by atoms with Crippen molar-refractivity contribution in [3.05, 3.63) is 125 Å². The highest BCUT2D eigenvalue weighted by molar-refractivity contribution is 5.95. The van der Waals surface area contributed by atoms with Crippen LogP contribution in [0.15, 0.2) is 103 Å². The summed E-state index contributed by atoms with van der Waals surface area (Å²) in [5.41, 5.74) is 5.71. The van der Waals surface area contributed by atoms with Crippen LogP contribution < -0.4 is 20.3 Å². The van der Waals surface area contributed by atoms with Crippen molar-refractivity contribution in [3.8, 4) is 16.9 Å². The van der Waals surface area contributed by atoms with Gasteiger partial charge >= 0.3 is 18.4 Å². The number of halogens is 3. The highest BCUT2D eigenvalue weighted by Crippen LogP contribution is 2.31. The molecule has 3 amide bonds. The number of hydrogen-bond acceptors (Lipinski definition) is 5. The number of carboxylic acids is 1. The number of nitrogens with zero attached hydrogens (tertiary/aromatic N) is 1. The van der Waals surface area contributed by atoms with E-state index in [-0.39, 0.29) is 24.4 Å². The Morgan fingerprint density at radius 1 is 0.860 bits per heavy atom. The molecule has 0 aromatic heterocycles. The molecule has 0 spiro atoms. The summed E-state index contributed by atoms with van der Waals surface area (Å²) in [5, 5.41) is 23.6. The Balaban J connectivity index is 1.35. The summed E-state index contributed by atoms with van der Waals surface area (Å²) in [6, 6.07) is 26.4. The second-order valence-electron chi connectivity index (χ2n) is 11.8. The Hall–Kier alpha value is -5.62. The molecule has 1 atom stereocenters. The summed E-state index contributed by atoms with van der Waals surface area (Å²) in [6.07, 6.45) is -0.0190. The van der Waals surface area contributed by atoms with Gasteiger partial charge in [0.25, 0.3) is 5.91 Å². The number of anilines is 1. The highest BCUT2D eigenvalue weighted by atomic mass is 19.4. The van der Waals surface area contributed by atoms with Crippen LogP contribution in [0.25, 0.3) is 16.7 Å². The minimum Gasteiger partial charge on any atom is -0.479 e. The number of aliphatic hydroxyl groups excluding tert-OH is 1. The van der Waals surface area contributed by atoms with Crippen molar-refractivity contribution < 1.29 is 42.5 Å². The molecule has 9 nitrogen and oxygen atoms in total. The molecule has 0 saturated carbocycles. The van der Waals surface area contributed by atoms with E-state index in [0.29, 0.717) is 27.9 Å². The van der Waals surface area contributed by atoms with Crippen molar-refractivity contribution in [1.29, 1.82) is 0 Å². The van der Waals surface area contributed by atoms with Crippen molar-refractivity contribution in [2.45, 2.75) is 51.2 Å². The van der Waals surface area contributed by atoms with Crippen molar-refractivity contribution >= 4 is 29.2 Å². The molecule has 260 valence electrons. The van der Waals surface area contributed by atoms with Gasteiger partial charge < -0.3 is 25.6 Å². The predicted molar refractivity (Wildman–Crippen MR) is 182 cm³/mol. The van der Waals surface area contributed by atoms with Gasteiger partial charge in [-0.25, -0.2) is 9.59 Å². The van der Waals surface area contributed by atoms with E-state index in [1.54, 1.807) is 59.5 Å². The number of rotatable bonds is 12. The number of benzene rings is 4. The third kappa shape index (κ3) is 9.73. The number of alkyl halides is 3. The van der Waals surface area contributed by atoms with Crippen LogP contribution in [0.1, 0.15) is 52.7 Å². The molecule has 0 aliphatic heterocycles. The summed E-state index contributed by atoms with van der Waals surface area (Å²) in [4.78, 5) is 38.7. The maximum atomic E-state index is 13.9. The SMILES string of the molecule is O=C(NCC(O)C(=O)O)c1ccc(CN(C(=O)NCc2ccccc2-c2cccc(OC(F)(F)F)c2)c2ccc(C3=CCCCC3)cc2)cc1. The van der Waals surface area contributed by atoms with E-state index in [1.165, 1.54) is 23.8 Å². The molecule has 1 unspecified atom stereocenters.